The van der Waals surface area contributed by atoms with Crippen LogP contribution >= 0.6 is 0 Å². The molecule has 0 aromatic carbocycles. The SMILES string of the molecule is CCCCCCCC/C=C\CCCCCCCC(=O)NCNCCS(=O)(=O)O. The third-order valence-electron chi connectivity index (χ3n) is 4.61. The van der Waals surface area contributed by atoms with Gasteiger partial charge in [-0.3, -0.25) is 14.7 Å². The van der Waals surface area contributed by atoms with Gasteiger partial charge in [-0.05, 0) is 32.1 Å². The van der Waals surface area contributed by atoms with Crippen LogP contribution in [0.2, 0.25) is 0 Å². The van der Waals surface area contributed by atoms with E-state index < -0.39 is 10.1 Å². The van der Waals surface area contributed by atoms with Gasteiger partial charge in [-0.15, -0.1) is 0 Å². The van der Waals surface area contributed by atoms with E-state index in [1.165, 1.54) is 57.8 Å². The first kappa shape index (κ1) is 27.1. The van der Waals surface area contributed by atoms with E-state index >= 15 is 0 Å². The van der Waals surface area contributed by atoms with E-state index in [1.54, 1.807) is 0 Å². The molecule has 28 heavy (non-hydrogen) atoms. The molecule has 6 nitrogen and oxygen atoms in total. The second-order valence-electron chi connectivity index (χ2n) is 7.40. The molecule has 0 aliphatic rings. The zero-order valence-corrected chi connectivity index (χ0v) is 18.6. The first-order chi connectivity index (χ1) is 13.5. The summed E-state index contributed by atoms with van der Waals surface area (Å²) in [5.41, 5.74) is 0. The van der Waals surface area contributed by atoms with Crippen molar-refractivity contribution in [3.8, 4) is 0 Å². The lowest BCUT2D eigenvalue weighted by atomic mass is 10.1. The Balaban J connectivity index is 3.27. The van der Waals surface area contributed by atoms with Crippen molar-refractivity contribution in [3.63, 3.8) is 0 Å². The first-order valence-corrected chi connectivity index (χ1v) is 12.6. The van der Waals surface area contributed by atoms with Crippen molar-refractivity contribution in [3.05, 3.63) is 12.2 Å². The molecule has 0 heterocycles. The Kier molecular flexibility index (Phi) is 18.8. The molecule has 0 saturated heterocycles. The highest BCUT2D eigenvalue weighted by atomic mass is 32.2. The van der Waals surface area contributed by atoms with Crippen molar-refractivity contribution in [1.82, 2.24) is 10.6 Å². The molecule has 0 rings (SSSR count). The maximum absolute atomic E-state index is 11.6. The molecule has 0 bridgehead atoms. The Bertz CT molecular complexity index is 493. The standard InChI is InChI=1S/C21H42N2O4S/c1-2-3-4-5-6-7-8-9-10-11-12-13-14-15-16-17-21(24)23-20-22-18-19-28(25,26)27/h9-10,22H,2-8,11-20H2,1H3,(H,23,24)(H,25,26,27)/b10-9-. The maximum atomic E-state index is 11.6. The lowest BCUT2D eigenvalue weighted by Crippen LogP contribution is -2.35. The number of unbranched alkanes of at least 4 members (excludes halogenated alkanes) is 11. The van der Waals surface area contributed by atoms with Crippen LogP contribution < -0.4 is 10.6 Å². The molecular weight excluding hydrogens is 376 g/mol. The summed E-state index contributed by atoms with van der Waals surface area (Å²) < 4.78 is 29.6. The van der Waals surface area contributed by atoms with Crippen LogP contribution in [-0.2, 0) is 14.9 Å². The normalized spacial score (nSPS) is 11.9. The van der Waals surface area contributed by atoms with Crippen molar-refractivity contribution >= 4 is 16.0 Å². The molecule has 0 aromatic rings. The molecule has 3 N–H and O–H groups in total. The van der Waals surface area contributed by atoms with E-state index in [4.69, 9.17) is 4.55 Å². The molecule has 0 saturated carbocycles. The van der Waals surface area contributed by atoms with Crippen molar-refractivity contribution in [2.24, 2.45) is 0 Å². The Morgan fingerprint density at radius 1 is 0.857 bits per heavy atom. The van der Waals surface area contributed by atoms with Crippen LogP contribution in [0.5, 0.6) is 0 Å². The molecule has 0 unspecified atom stereocenters. The van der Waals surface area contributed by atoms with Gasteiger partial charge in [0, 0.05) is 13.0 Å². The number of carbonyl (C=O) groups excluding carboxylic acids is 1. The van der Waals surface area contributed by atoms with Crippen LogP contribution in [0.1, 0.15) is 96.8 Å². The summed E-state index contributed by atoms with van der Waals surface area (Å²) in [6.45, 7) is 2.59. The van der Waals surface area contributed by atoms with Crippen LogP contribution in [0.15, 0.2) is 12.2 Å². The maximum Gasteiger partial charge on any atom is 0.266 e. The zero-order valence-electron chi connectivity index (χ0n) is 17.8. The topological polar surface area (TPSA) is 95.5 Å². The minimum atomic E-state index is -3.94. The number of hydrogen-bond donors (Lipinski definition) is 3. The first-order valence-electron chi connectivity index (χ1n) is 11.0. The van der Waals surface area contributed by atoms with Gasteiger partial charge in [-0.25, -0.2) is 0 Å². The summed E-state index contributed by atoms with van der Waals surface area (Å²) in [7, 11) is -3.94. The largest absolute Gasteiger partial charge is 0.344 e. The summed E-state index contributed by atoms with van der Waals surface area (Å²) in [4.78, 5) is 11.6. The molecule has 7 heteroatoms. The average molecular weight is 419 g/mol. The van der Waals surface area contributed by atoms with Crippen LogP contribution in [-0.4, -0.2) is 37.8 Å². The van der Waals surface area contributed by atoms with Crippen molar-refractivity contribution in [2.75, 3.05) is 19.0 Å². The van der Waals surface area contributed by atoms with Gasteiger partial charge in [0.25, 0.3) is 10.1 Å². The van der Waals surface area contributed by atoms with Crippen molar-refractivity contribution in [2.45, 2.75) is 96.8 Å². The number of amides is 1. The third kappa shape index (κ3) is 23.1. The van der Waals surface area contributed by atoms with Crippen molar-refractivity contribution < 1.29 is 17.8 Å². The molecule has 1 amide bonds. The van der Waals surface area contributed by atoms with Gasteiger partial charge in [0.1, 0.15) is 0 Å². The third-order valence-corrected chi connectivity index (χ3v) is 5.33. The molecule has 0 radical (unpaired) electrons. The van der Waals surface area contributed by atoms with E-state index in [9.17, 15) is 13.2 Å². The van der Waals surface area contributed by atoms with Crippen LogP contribution in [0.25, 0.3) is 0 Å². The van der Waals surface area contributed by atoms with E-state index in [-0.39, 0.29) is 24.9 Å². The van der Waals surface area contributed by atoms with Gasteiger partial charge < -0.3 is 5.32 Å². The van der Waals surface area contributed by atoms with Gasteiger partial charge in [-0.2, -0.15) is 8.42 Å². The molecule has 0 spiro atoms. The molecular formula is C21H42N2O4S. The predicted molar refractivity (Wildman–Crippen MR) is 117 cm³/mol. The Morgan fingerprint density at radius 2 is 1.39 bits per heavy atom. The Morgan fingerprint density at radius 3 is 1.96 bits per heavy atom. The van der Waals surface area contributed by atoms with Gasteiger partial charge in [0.05, 0.1) is 12.4 Å². The quantitative estimate of drug-likeness (QED) is 0.116. The summed E-state index contributed by atoms with van der Waals surface area (Å²) >= 11 is 0. The minimum absolute atomic E-state index is 0.0306. The fourth-order valence-corrected chi connectivity index (χ4v) is 3.30. The van der Waals surface area contributed by atoms with E-state index in [2.05, 4.69) is 29.7 Å². The minimum Gasteiger partial charge on any atom is -0.344 e. The monoisotopic (exact) mass is 418 g/mol. The van der Waals surface area contributed by atoms with Crippen LogP contribution in [0.3, 0.4) is 0 Å². The van der Waals surface area contributed by atoms with Gasteiger partial charge >= 0.3 is 0 Å². The highest BCUT2D eigenvalue weighted by molar-refractivity contribution is 7.85. The second-order valence-corrected chi connectivity index (χ2v) is 8.97. The summed E-state index contributed by atoms with van der Waals surface area (Å²) in [5.74, 6) is -0.381. The lowest BCUT2D eigenvalue weighted by molar-refractivity contribution is -0.121. The molecule has 0 aromatic heterocycles. The fourth-order valence-electron chi connectivity index (χ4n) is 2.90. The molecule has 0 atom stereocenters. The smallest absolute Gasteiger partial charge is 0.266 e. The molecule has 0 aliphatic carbocycles. The van der Waals surface area contributed by atoms with Crippen LogP contribution in [0.4, 0.5) is 0 Å². The Hall–Kier alpha value is -0.920. The fraction of sp³-hybridized carbons (Fsp3) is 0.857. The summed E-state index contributed by atoms with van der Waals surface area (Å²) in [6.07, 6.45) is 21.2. The summed E-state index contributed by atoms with van der Waals surface area (Å²) in [6, 6.07) is 0. The van der Waals surface area contributed by atoms with Gasteiger partial charge in [0.2, 0.25) is 5.91 Å². The number of rotatable bonds is 20. The molecule has 166 valence electrons. The number of hydrogen-bond acceptors (Lipinski definition) is 4. The highest BCUT2D eigenvalue weighted by Crippen LogP contribution is 2.09. The number of allylic oxidation sites excluding steroid dienone is 2. The van der Waals surface area contributed by atoms with E-state index in [0.717, 1.165) is 25.7 Å². The Labute approximate surface area is 172 Å². The van der Waals surface area contributed by atoms with E-state index in [1.807, 2.05) is 0 Å². The number of nitrogens with one attached hydrogen (secondary N) is 2. The molecule has 0 fully saturated rings. The van der Waals surface area contributed by atoms with Crippen LogP contribution in [0, 0.1) is 0 Å². The predicted octanol–water partition coefficient (Wildman–Crippen LogP) is 4.58. The molecule has 0 aliphatic heterocycles. The van der Waals surface area contributed by atoms with Gasteiger partial charge in [0.15, 0.2) is 0 Å². The highest BCUT2D eigenvalue weighted by Gasteiger charge is 2.03. The van der Waals surface area contributed by atoms with E-state index in [0.29, 0.717) is 6.42 Å². The average Bonchev–Trinajstić information content (AvgIpc) is 2.63. The van der Waals surface area contributed by atoms with Crippen molar-refractivity contribution in [1.29, 1.82) is 0 Å². The second kappa shape index (κ2) is 19.4. The summed E-state index contributed by atoms with van der Waals surface area (Å²) in [5, 5.41) is 5.43. The van der Waals surface area contributed by atoms with Gasteiger partial charge in [-0.1, -0.05) is 70.4 Å². The lowest BCUT2D eigenvalue weighted by Gasteiger charge is -2.06. The zero-order chi connectivity index (χ0) is 20.9. The number of carbonyl (C=O) groups is 1.